The SMILES string of the molecule is C=C(C)c1cccnc1C#Cc1ccccn1.CC. The summed E-state index contributed by atoms with van der Waals surface area (Å²) in [6.07, 6.45) is 3.46. The molecular formula is C17H18N2. The van der Waals surface area contributed by atoms with Gasteiger partial charge in [-0.1, -0.05) is 32.6 Å². The van der Waals surface area contributed by atoms with Gasteiger partial charge in [-0.05, 0) is 42.5 Å². The molecule has 0 aliphatic rings. The van der Waals surface area contributed by atoms with Crippen molar-refractivity contribution in [3.8, 4) is 11.8 Å². The van der Waals surface area contributed by atoms with Crippen molar-refractivity contribution in [2.45, 2.75) is 20.8 Å². The zero-order chi connectivity index (χ0) is 14.1. The van der Waals surface area contributed by atoms with E-state index in [9.17, 15) is 0 Å². The molecule has 0 amide bonds. The Morgan fingerprint density at radius 2 is 1.74 bits per heavy atom. The van der Waals surface area contributed by atoms with Gasteiger partial charge in [0.1, 0.15) is 11.4 Å². The third-order valence-corrected chi connectivity index (χ3v) is 2.24. The minimum atomic E-state index is 0.741. The van der Waals surface area contributed by atoms with E-state index in [1.54, 1.807) is 12.4 Å². The standard InChI is InChI=1S/C15H12N2.C2H6/c1-12(2)14-7-5-11-17-15(14)9-8-13-6-3-4-10-16-13;1-2/h3-7,10-11H,1H2,2H3;1-2H3. The van der Waals surface area contributed by atoms with Crippen molar-refractivity contribution in [3.63, 3.8) is 0 Å². The Bertz CT molecular complexity index is 589. The Hall–Kier alpha value is -2.40. The summed E-state index contributed by atoms with van der Waals surface area (Å²) in [5.41, 5.74) is 3.43. The lowest BCUT2D eigenvalue weighted by Gasteiger charge is -2.00. The monoisotopic (exact) mass is 250 g/mol. The molecule has 96 valence electrons. The quantitative estimate of drug-likeness (QED) is 0.716. The van der Waals surface area contributed by atoms with Crippen LogP contribution in [0.4, 0.5) is 0 Å². The highest BCUT2D eigenvalue weighted by atomic mass is 14.7. The Morgan fingerprint density at radius 1 is 1.00 bits per heavy atom. The molecule has 0 aromatic carbocycles. The molecule has 0 aliphatic heterocycles. The molecule has 0 unspecified atom stereocenters. The molecule has 0 radical (unpaired) electrons. The second kappa shape index (κ2) is 7.84. The first kappa shape index (κ1) is 14.7. The van der Waals surface area contributed by atoms with Gasteiger partial charge < -0.3 is 0 Å². The maximum absolute atomic E-state index is 4.25. The lowest BCUT2D eigenvalue weighted by atomic mass is 10.1. The molecule has 0 atom stereocenters. The average molecular weight is 250 g/mol. The van der Waals surface area contributed by atoms with Crippen LogP contribution in [0.2, 0.25) is 0 Å². The smallest absolute Gasteiger partial charge is 0.121 e. The van der Waals surface area contributed by atoms with Gasteiger partial charge in [-0.2, -0.15) is 0 Å². The van der Waals surface area contributed by atoms with Crippen LogP contribution in [0.5, 0.6) is 0 Å². The third-order valence-electron chi connectivity index (χ3n) is 2.24. The molecular weight excluding hydrogens is 232 g/mol. The van der Waals surface area contributed by atoms with Crippen molar-refractivity contribution in [2.75, 3.05) is 0 Å². The van der Waals surface area contributed by atoms with E-state index in [0.717, 1.165) is 22.5 Å². The van der Waals surface area contributed by atoms with E-state index in [2.05, 4.69) is 28.4 Å². The fourth-order valence-corrected chi connectivity index (χ4v) is 1.41. The predicted molar refractivity (Wildman–Crippen MR) is 80.5 cm³/mol. The van der Waals surface area contributed by atoms with Gasteiger partial charge in [-0.25, -0.2) is 9.97 Å². The Kier molecular flexibility index (Phi) is 6.05. The van der Waals surface area contributed by atoms with Gasteiger partial charge in [0.2, 0.25) is 0 Å². The molecule has 0 N–H and O–H groups in total. The number of aromatic nitrogens is 2. The van der Waals surface area contributed by atoms with Gasteiger partial charge >= 0.3 is 0 Å². The summed E-state index contributed by atoms with van der Waals surface area (Å²) in [5, 5.41) is 0. The molecule has 2 rings (SSSR count). The third kappa shape index (κ3) is 4.40. The number of hydrogen-bond acceptors (Lipinski definition) is 2. The Labute approximate surface area is 115 Å². The van der Waals surface area contributed by atoms with Crippen molar-refractivity contribution in [1.29, 1.82) is 0 Å². The molecule has 0 saturated heterocycles. The first-order valence-electron chi connectivity index (χ1n) is 6.31. The van der Waals surface area contributed by atoms with Crippen LogP contribution in [0.1, 0.15) is 37.7 Å². The summed E-state index contributed by atoms with van der Waals surface area (Å²) in [6, 6.07) is 9.50. The van der Waals surface area contributed by atoms with Crippen LogP contribution in [0.25, 0.3) is 5.57 Å². The van der Waals surface area contributed by atoms with E-state index in [0.29, 0.717) is 0 Å². The molecule has 0 bridgehead atoms. The summed E-state index contributed by atoms with van der Waals surface area (Å²) in [7, 11) is 0. The molecule has 2 aromatic heterocycles. The van der Waals surface area contributed by atoms with E-state index < -0.39 is 0 Å². The molecule has 0 fully saturated rings. The largest absolute Gasteiger partial charge is 0.248 e. The predicted octanol–water partition coefficient (Wildman–Crippen LogP) is 3.94. The zero-order valence-corrected chi connectivity index (χ0v) is 11.6. The highest BCUT2D eigenvalue weighted by molar-refractivity contribution is 5.66. The maximum atomic E-state index is 4.25. The van der Waals surface area contributed by atoms with Gasteiger partial charge in [-0.15, -0.1) is 0 Å². The summed E-state index contributed by atoms with van der Waals surface area (Å²) in [6.45, 7) is 9.87. The number of hydrogen-bond donors (Lipinski definition) is 0. The molecule has 2 heteroatoms. The molecule has 0 aliphatic carbocycles. The molecule has 19 heavy (non-hydrogen) atoms. The van der Waals surface area contributed by atoms with Crippen LogP contribution in [-0.4, -0.2) is 9.97 Å². The van der Waals surface area contributed by atoms with Crippen LogP contribution < -0.4 is 0 Å². The van der Waals surface area contributed by atoms with Crippen LogP contribution in [0.15, 0.2) is 49.3 Å². The summed E-state index contributed by atoms with van der Waals surface area (Å²) in [4.78, 5) is 8.40. The fourth-order valence-electron chi connectivity index (χ4n) is 1.41. The highest BCUT2D eigenvalue weighted by Gasteiger charge is 1.99. The number of allylic oxidation sites excluding steroid dienone is 1. The second-order valence-corrected chi connectivity index (χ2v) is 3.64. The maximum Gasteiger partial charge on any atom is 0.121 e. The van der Waals surface area contributed by atoms with Gasteiger partial charge in [0.05, 0.1) is 0 Å². The highest BCUT2D eigenvalue weighted by Crippen LogP contribution is 2.13. The minimum absolute atomic E-state index is 0.741. The van der Waals surface area contributed by atoms with E-state index >= 15 is 0 Å². The van der Waals surface area contributed by atoms with Gasteiger partial charge in [-0.3, -0.25) is 0 Å². The van der Waals surface area contributed by atoms with Crippen molar-refractivity contribution < 1.29 is 0 Å². The van der Waals surface area contributed by atoms with Crippen molar-refractivity contribution in [3.05, 3.63) is 66.3 Å². The van der Waals surface area contributed by atoms with Gasteiger partial charge in [0.15, 0.2) is 0 Å². The average Bonchev–Trinajstić information content (AvgIpc) is 2.48. The lowest BCUT2D eigenvalue weighted by molar-refractivity contribution is 1.26. The van der Waals surface area contributed by atoms with Gasteiger partial charge in [0, 0.05) is 18.0 Å². The molecule has 2 aromatic rings. The molecule has 2 heterocycles. The molecule has 2 nitrogen and oxygen atoms in total. The topological polar surface area (TPSA) is 25.8 Å². The number of pyridine rings is 2. The summed E-state index contributed by atoms with van der Waals surface area (Å²) < 4.78 is 0. The number of nitrogens with zero attached hydrogens (tertiary/aromatic N) is 2. The summed E-state index contributed by atoms with van der Waals surface area (Å²) in [5.74, 6) is 6.02. The van der Waals surface area contributed by atoms with Crippen LogP contribution in [-0.2, 0) is 0 Å². The first-order chi connectivity index (χ1) is 9.27. The van der Waals surface area contributed by atoms with E-state index in [1.165, 1.54) is 0 Å². The lowest BCUT2D eigenvalue weighted by Crippen LogP contribution is -1.90. The van der Waals surface area contributed by atoms with Crippen LogP contribution >= 0.6 is 0 Å². The van der Waals surface area contributed by atoms with E-state index in [-0.39, 0.29) is 0 Å². The molecule has 0 saturated carbocycles. The summed E-state index contributed by atoms with van der Waals surface area (Å²) >= 11 is 0. The fraction of sp³-hybridized carbons (Fsp3) is 0.176. The zero-order valence-electron chi connectivity index (χ0n) is 11.6. The first-order valence-corrected chi connectivity index (χ1v) is 6.31. The van der Waals surface area contributed by atoms with Crippen LogP contribution in [0.3, 0.4) is 0 Å². The normalized spacial score (nSPS) is 8.58. The van der Waals surface area contributed by atoms with E-state index in [4.69, 9.17) is 0 Å². The van der Waals surface area contributed by atoms with Crippen LogP contribution in [0, 0.1) is 11.8 Å². The van der Waals surface area contributed by atoms with Gasteiger partial charge in [0.25, 0.3) is 0 Å². The van der Waals surface area contributed by atoms with Crippen molar-refractivity contribution in [2.24, 2.45) is 0 Å². The second-order valence-electron chi connectivity index (χ2n) is 3.64. The van der Waals surface area contributed by atoms with E-state index in [1.807, 2.05) is 51.1 Å². The Morgan fingerprint density at radius 3 is 2.37 bits per heavy atom. The number of rotatable bonds is 1. The van der Waals surface area contributed by atoms with Crippen molar-refractivity contribution in [1.82, 2.24) is 9.97 Å². The van der Waals surface area contributed by atoms with Crippen molar-refractivity contribution >= 4 is 5.57 Å². The minimum Gasteiger partial charge on any atom is -0.248 e. The Balaban J connectivity index is 0.000000861. The molecule has 0 spiro atoms.